The lowest BCUT2D eigenvalue weighted by molar-refractivity contribution is 0.625. The van der Waals surface area contributed by atoms with Crippen molar-refractivity contribution in [3.05, 3.63) is 119 Å². The first-order valence-corrected chi connectivity index (χ1v) is 9.23. The number of hydrogen-bond acceptors (Lipinski definition) is 2. The van der Waals surface area contributed by atoms with E-state index in [1.54, 1.807) is 12.1 Å². The van der Waals surface area contributed by atoms with Gasteiger partial charge in [0.1, 0.15) is 5.82 Å². The predicted octanol–water partition coefficient (Wildman–Crippen LogP) is 5.35. The van der Waals surface area contributed by atoms with Gasteiger partial charge in [0.05, 0.1) is 11.1 Å². The molecule has 0 aromatic heterocycles. The van der Waals surface area contributed by atoms with E-state index in [0.29, 0.717) is 5.69 Å². The SMILES string of the molecule is Nc1ccc(C2(c3ccc(N)c(F)c3)c3ccccc3-c3ccccc32)cc1. The smallest absolute Gasteiger partial charge is 0.146 e. The van der Waals surface area contributed by atoms with E-state index in [1.807, 2.05) is 54.6 Å². The second-order valence-electron chi connectivity index (χ2n) is 7.20. The zero-order valence-electron chi connectivity index (χ0n) is 15.2. The van der Waals surface area contributed by atoms with Gasteiger partial charge in [0.15, 0.2) is 0 Å². The molecule has 0 amide bonds. The largest absolute Gasteiger partial charge is 0.399 e. The van der Waals surface area contributed by atoms with Crippen LogP contribution < -0.4 is 11.5 Å². The van der Waals surface area contributed by atoms with Crippen LogP contribution in [-0.4, -0.2) is 0 Å². The van der Waals surface area contributed by atoms with Gasteiger partial charge in [-0.2, -0.15) is 0 Å². The molecule has 0 spiro atoms. The van der Waals surface area contributed by atoms with Crippen molar-refractivity contribution in [3.8, 4) is 11.1 Å². The molecule has 0 radical (unpaired) electrons. The number of nitrogens with two attached hydrogens (primary N) is 2. The number of fused-ring (bicyclic) bond motifs is 3. The average molecular weight is 366 g/mol. The molecule has 2 nitrogen and oxygen atoms in total. The molecule has 1 aliphatic rings. The Hall–Kier alpha value is -3.59. The van der Waals surface area contributed by atoms with Crippen LogP contribution in [0.15, 0.2) is 91.0 Å². The van der Waals surface area contributed by atoms with Crippen molar-refractivity contribution in [3.63, 3.8) is 0 Å². The summed E-state index contributed by atoms with van der Waals surface area (Å²) >= 11 is 0. The van der Waals surface area contributed by atoms with Crippen molar-refractivity contribution in [1.82, 2.24) is 0 Å². The highest BCUT2D eigenvalue weighted by atomic mass is 19.1. The first kappa shape index (κ1) is 16.6. The molecular weight excluding hydrogens is 347 g/mol. The second kappa shape index (κ2) is 5.96. The summed E-state index contributed by atoms with van der Waals surface area (Å²) in [6.07, 6.45) is 0. The Bertz CT molecular complexity index is 1150. The highest BCUT2D eigenvalue weighted by Gasteiger charge is 2.46. The molecule has 0 heterocycles. The van der Waals surface area contributed by atoms with E-state index in [4.69, 9.17) is 11.5 Å². The van der Waals surface area contributed by atoms with Crippen molar-refractivity contribution < 1.29 is 4.39 Å². The molecule has 0 bridgehead atoms. The molecular formula is C25H19FN2. The molecule has 0 unspecified atom stereocenters. The van der Waals surface area contributed by atoms with Crippen LogP contribution in [0.5, 0.6) is 0 Å². The summed E-state index contributed by atoms with van der Waals surface area (Å²) in [5, 5.41) is 0. The lowest BCUT2D eigenvalue weighted by Gasteiger charge is -2.34. The zero-order chi connectivity index (χ0) is 19.3. The Labute approximate surface area is 163 Å². The monoisotopic (exact) mass is 366 g/mol. The van der Waals surface area contributed by atoms with E-state index < -0.39 is 11.2 Å². The molecule has 5 rings (SSSR count). The van der Waals surface area contributed by atoms with Gasteiger partial charge < -0.3 is 11.5 Å². The van der Waals surface area contributed by atoms with Crippen molar-refractivity contribution in [2.45, 2.75) is 5.41 Å². The molecule has 1 aliphatic carbocycles. The fourth-order valence-electron chi connectivity index (χ4n) is 4.52. The standard InChI is InChI=1S/C25H19FN2/c26-23-15-17(11-14-24(23)28)25(16-9-12-18(27)13-10-16)21-7-3-1-5-19(21)20-6-2-4-8-22(20)25/h1-15H,27-28H2. The average Bonchev–Trinajstić information content (AvgIpc) is 3.02. The molecule has 4 aromatic rings. The van der Waals surface area contributed by atoms with Gasteiger partial charge in [0.2, 0.25) is 0 Å². The van der Waals surface area contributed by atoms with Gasteiger partial charge in [-0.1, -0.05) is 66.7 Å². The highest BCUT2D eigenvalue weighted by molar-refractivity contribution is 5.86. The van der Waals surface area contributed by atoms with E-state index in [2.05, 4.69) is 24.3 Å². The van der Waals surface area contributed by atoms with E-state index in [-0.39, 0.29) is 5.69 Å². The van der Waals surface area contributed by atoms with Crippen LogP contribution in [0.1, 0.15) is 22.3 Å². The van der Waals surface area contributed by atoms with Gasteiger partial charge in [-0.05, 0) is 57.6 Å². The first-order valence-electron chi connectivity index (χ1n) is 9.23. The van der Waals surface area contributed by atoms with Gasteiger partial charge in [-0.15, -0.1) is 0 Å². The van der Waals surface area contributed by atoms with Gasteiger partial charge in [0.25, 0.3) is 0 Å². The summed E-state index contributed by atoms with van der Waals surface area (Å²) in [6, 6.07) is 29.6. The molecule has 0 saturated carbocycles. The van der Waals surface area contributed by atoms with Crippen LogP contribution >= 0.6 is 0 Å². The minimum absolute atomic E-state index is 0.149. The third-order valence-corrected chi connectivity index (χ3v) is 5.73. The first-order chi connectivity index (χ1) is 13.6. The fourth-order valence-corrected chi connectivity index (χ4v) is 4.52. The van der Waals surface area contributed by atoms with Crippen molar-refractivity contribution in [2.75, 3.05) is 11.5 Å². The number of benzene rings is 4. The maximum atomic E-state index is 14.6. The molecule has 4 N–H and O–H groups in total. The van der Waals surface area contributed by atoms with Crippen LogP contribution in [0.4, 0.5) is 15.8 Å². The number of rotatable bonds is 2. The van der Waals surface area contributed by atoms with Crippen LogP contribution in [-0.2, 0) is 5.41 Å². The van der Waals surface area contributed by atoms with E-state index in [1.165, 1.54) is 0 Å². The Morgan fingerprint density at radius 1 is 0.607 bits per heavy atom. The number of hydrogen-bond donors (Lipinski definition) is 2. The van der Waals surface area contributed by atoms with Gasteiger partial charge in [0, 0.05) is 5.69 Å². The van der Waals surface area contributed by atoms with Crippen LogP contribution in [0.2, 0.25) is 0 Å². The lowest BCUT2D eigenvalue weighted by Crippen LogP contribution is -2.28. The predicted molar refractivity (Wildman–Crippen MR) is 113 cm³/mol. The van der Waals surface area contributed by atoms with E-state index >= 15 is 0 Å². The van der Waals surface area contributed by atoms with E-state index in [9.17, 15) is 4.39 Å². The minimum Gasteiger partial charge on any atom is -0.399 e. The van der Waals surface area contributed by atoms with Gasteiger partial charge >= 0.3 is 0 Å². The zero-order valence-corrected chi connectivity index (χ0v) is 15.2. The Morgan fingerprint density at radius 3 is 1.71 bits per heavy atom. The van der Waals surface area contributed by atoms with Gasteiger partial charge in [-0.3, -0.25) is 0 Å². The van der Waals surface area contributed by atoms with Crippen LogP contribution in [0.3, 0.4) is 0 Å². The number of nitrogen functional groups attached to an aromatic ring is 2. The van der Waals surface area contributed by atoms with Crippen LogP contribution in [0, 0.1) is 5.82 Å². The normalized spacial score (nSPS) is 13.8. The quantitative estimate of drug-likeness (QED) is 0.414. The second-order valence-corrected chi connectivity index (χ2v) is 7.20. The van der Waals surface area contributed by atoms with Crippen molar-refractivity contribution in [2.24, 2.45) is 0 Å². The third-order valence-electron chi connectivity index (χ3n) is 5.73. The Kier molecular flexibility index (Phi) is 3.53. The summed E-state index contributed by atoms with van der Waals surface area (Å²) in [4.78, 5) is 0. The summed E-state index contributed by atoms with van der Waals surface area (Å²) in [6.45, 7) is 0. The summed E-state index contributed by atoms with van der Waals surface area (Å²) < 4.78 is 14.6. The molecule has 0 saturated heterocycles. The molecule has 0 fully saturated rings. The Balaban J connectivity index is 1.95. The summed E-state index contributed by atoms with van der Waals surface area (Å²) in [7, 11) is 0. The molecule has 28 heavy (non-hydrogen) atoms. The number of halogens is 1. The minimum atomic E-state index is -0.630. The maximum absolute atomic E-state index is 14.6. The molecule has 136 valence electrons. The lowest BCUT2D eigenvalue weighted by atomic mass is 9.67. The molecule has 3 heteroatoms. The van der Waals surface area contributed by atoms with Crippen molar-refractivity contribution >= 4 is 11.4 Å². The molecule has 0 atom stereocenters. The number of anilines is 2. The van der Waals surface area contributed by atoms with Crippen molar-refractivity contribution in [1.29, 1.82) is 0 Å². The Morgan fingerprint density at radius 2 is 1.14 bits per heavy atom. The highest BCUT2D eigenvalue weighted by Crippen LogP contribution is 2.56. The van der Waals surface area contributed by atoms with Crippen LogP contribution in [0.25, 0.3) is 11.1 Å². The summed E-state index contributed by atoms with van der Waals surface area (Å²) in [5.74, 6) is -0.408. The van der Waals surface area contributed by atoms with Gasteiger partial charge in [-0.25, -0.2) is 4.39 Å². The van der Waals surface area contributed by atoms with E-state index in [0.717, 1.165) is 33.4 Å². The third kappa shape index (κ3) is 2.13. The fraction of sp³-hybridized carbons (Fsp3) is 0.0400. The maximum Gasteiger partial charge on any atom is 0.146 e. The topological polar surface area (TPSA) is 52.0 Å². The summed E-state index contributed by atoms with van der Waals surface area (Å²) in [5.41, 5.74) is 18.4. The molecule has 0 aliphatic heterocycles. The molecule has 4 aromatic carbocycles.